The van der Waals surface area contributed by atoms with Crippen molar-refractivity contribution in [2.24, 2.45) is 17.8 Å². The van der Waals surface area contributed by atoms with Gasteiger partial charge in [0.1, 0.15) is 0 Å². The molecule has 0 aromatic carbocycles. The standard InChI is InChI=1S/C16H27N3O/c1-2-3-4-5-10-19-16-9-7-13-12(14(13)11-20)6-8-15(16)17-18-19/h12-14,20H,2-11H2,1H3/t12-,13+,14+/m1/s1. The van der Waals surface area contributed by atoms with E-state index < -0.39 is 0 Å². The summed E-state index contributed by atoms with van der Waals surface area (Å²) in [6.07, 6.45) is 9.68. The second-order valence-corrected chi connectivity index (χ2v) is 6.52. The zero-order valence-electron chi connectivity index (χ0n) is 12.6. The summed E-state index contributed by atoms with van der Waals surface area (Å²) in [7, 11) is 0. The van der Waals surface area contributed by atoms with Crippen LogP contribution in [-0.2, 0) is 19.4 Å². The molecule has 1 aromatic rings. The van der Waals surface area contributed by atoms with E-state index in [1.165, 1.54) is 49.9 Å². The van der Waals surface area contributed by atoms with E-state index in [1.54, 1.807) is 0 Å². The van der Waals surface area contributed by atoms with Crippen LogP contribution in [0, 0.1) is 17.8 Å². The van der Waals surface area contributed by atoms with E-state index in [0.29, 0.717) is 12.5 Å². The fraction of sp³-hybridized carbons (Fsp3) is 0.875. The first-order chi connectivity index (χ1) is 9.85. The van der Waals surface area contributed by atoms with Crippen molar-refractivity contribution < 1.29 is 5.11 Å². The molecule has 1 N–H and O–H groups in total. The van der Waals surface area contributed by atoms with Crippen LogP contribution < -0.4 is 0 Å². The van der Waals surface area contributed by atoms with Crippen molar-refractivity contribution in [3.8, 4) is 0 Å². The topological polar surface area (TPSA) is 50.9 Å². The van der Waals surface area contributed by atoms with Crippen LogP contribution in [-0.4, -0.2) is 26.7 Å². The molecule has 4 heteroatoms. The minimum absolute atomic E-state index is 0.377. The van der Waals surface area contributed by atoms with Gasteiger partial charge in [-0.3, -0.25) is 0 Å². The molecule has 3 rings (SSSR count). The molecular formula is C16H27N3O. The Morgan fingerprint density at radius 1 is 1.15 bits per heavy atom. The third-order valence-electron chi connectivity index (χ3n) is 5.29. The van der Waals surface area contributed by atoms with Crippen LogP contribution in [0.3, 0.4) is 0 Å². The maximum atomic E-state index is 9.38. The summed E-state index contributed by atoms with van der Waals surface area (Å²) in [5.41, 5.74) is 2.60. The first-order valence-electron chi connectivity index (χ1n) is 8.37. The van der Waals surface area contributed by atoms with Gasteiger partial charge in [0.25, 0.3) is 0 Å². The number of hydrogen-bond donors (Lipinski definition) is 1. The molecule has 0 amide bonds. The fourth-order valence-corrected chi connectivity index (χ4v) is 3.96. The molecule has 0 saturated heterocycles. The average Bonchev–Trinajstić information content (AvgIpc) is 2.97. The lowest BCUT2D eigenvalue weighted by Gasteiger charge is -2.10. The summed E-state index contributed by atoms with van der Waals surface area (Å²) in [4.78, 5) is 0. The van der Waals surface area contributed by atoms with E-state index in [1.807, 2.05) is 0 Å². The number of unbranched alkanes of at least 4 members (excludes halogenated alkanes) is 3. The highest BCUT2D eigenvalue weighted by atomic mass is 16.3. The van der Waals surface area contributed by atoms with Crippen molar-refractivity contribution in [1.29, 1.82) is 0 Å². The summed E-state index contributed by atoms with van der Waals surface area (Å²) in [6.45, 7) is 3.65. The van der Waals surface area contributed by atoms with Crippen LogP contribution in [0.1, 0.15) is 56.8 Å². The molecule has 4 nitrogen and oxygen atoms in total. The van der Waals surface area contributed by atoms with Crippen molar-refractivity contribution in [3.05, 3.63) is 11.4 Å². The van der Waals surface area contributed by atoms with Crippen molar-refractivity contribution in [2.75, 3.05) is 6.61 Å². The van der Waals surface area contributed by atoms with Gasteiger partial charge in [-0.2, -0.15) is 0 Å². The summed E-state index contributed by atoms with van der Waals surface area (Å²) in [5, 5.41) is 18.2. The van der Waals surface area contributed by atoms with Crippen molar-refractivity contribution >= 4 is 0 Å². The Labute approximate surface area is 121 Å². The Morgan fingerprint density at radius 2 is 1.95 bits per heavy atom. The van der Waals surface area contributed by atoms with Crippen LogP contribution >= 0.6 is 0 Å². The number of nitrogens with zero attached hydrogens (tertiary/aromatic N) is 3. The second-order valence-electron chi connectivity index (χ2n) is 6.52. The minimum Gasteiger partial charge on any atom is -0.396 e. The van der Waals surface area contributed by atoms with Crippen molar-refractivity contribution in [2.45, 2.75) is 64.8 Å². The van der Waals surface area contributed by atoms with Crippen LogP contribution in [0.25, 0.3) is 0 Å². The Hall–Kier alpha value is -0.900. The van der Waals surface area contributed by atoms with Gasteiger partial charge in [0.15, 0.2) is 0 Å². The van der Waals surface area contributed by atoms with E-state index in [-0.39, 0.29) is 0 Å². The first kappa shape index (κ1) is 14.1. The molecule has 3 atom stereocenters. The molecule has 0 spiro atoms. The van der Waals surface area contributed by atoms with E-state index in [2.05, 4.69) is 21.9 Å². The zero-order chi connectivity index (χ0) is 13.9. The van der Waals surface area contributed by atoms with Gasteiger partial charge in [-0.05, 0) is 49.9 Å². The molecule has 2 aliphatic carbocycles. The van der Waals surface area contributed by atoms with Crippen LogP contribution in [0.5, 0.6) is 0 Å². The van der Waals surface area contributed by atoms with Gasteiger partial charge in [-0.25, -0.2) is 4.68 Å². The molecule has 1 saturated carbocycles. The zero-order valence-corrected chi connectivity index (χ0v) is 12.6. The predicted molar refractivity (Wildman–Crippen MR) is 78.4 cm³/mol. The summed E-state index contributed by atoms with van der Waals surface area (Å²) < 4.78 is 2.15. The summed E-state index contributed by atoms with van der Waals surface area (Å²) >= 11 is 0. The molecule has 0 radical (unpaired) electrons. The Kier molecular flexibility index (Phi) is 4.39. The SMILES string of the molecule is CCCCCCn1nnc2c1CC[C@@H]1[C@@H](CO)[C@@H]1CC2. The lowest BCUT2D eigenvalue weighted by atomic mass is 10.0. The van der Waals surface area contributed by atoms with E-state index in [0.717, 1.165) is 31.2 Å². The number of aliphatic hydroxyl groups excluding tert-OH is 1. The van der Waals surface area contributed by atoms with Crippen LogP contribution in [0.2, 0.25) is 0 Å². The van der Waals surface area contributed by atoms with Crippen LogP contribution in [0.15, 0.2) is 0 Å². The molecular weight excluding hydrogens is 250 g/mol. The third kappa shape index (κ3) is 2.76. The maximum Gasteiger partial charge on any atom is 0.0859 e. The van der Waals surface area contributed by atoms with Gasteiger partial charge >= 0.3 is 0 Å². The average molecular weight is 277 g/mol. The highest BCUT2D eigenvalue weighted by molar-refractivity contribution is 5.15. The number of rotatable bonds is 6. The van der Waals surface area contributed by atoms with E-state index >= 15 is 0 Å². The number of aromatic nitrogens is 3. The number of aryl methyl sites for hydroxylation is 2. The minimum atomic E-state index is 0.377. The van der Waals surface area contributed by atoms with Gasteiger partial charge in [0, 0.05) is 13.2 Å². The van der Waals surface area contributed by atoms with Crippen LogP contribution in [0.4, 0.5) is 0 Å². The molecule has 20 heavy (non-hydrogen) atoms. The highest BCUT2D eigenvalue weighted by Crippen LogP contribution is 2.52. The normalized spacial score (nSPS) is 28.4. The van der Waals surface area contributed by atoms with Gasteiger partial charge in [0.05, 0.1) is 11.4 Å². The monoisotopic (exact) mass is 277 g/mol. The largest absolute Gasteiger partial charge is 0.396 e. The lowest BCUT2D eigenvalue weighted by Crippen LogP contribution is -2.09. The summed E-state index contributed by atoms with van der Waals surface area (Å²) in [5.74, 6) is 2.09. The maximum absolute atomic E-state index is 9.38. The van der Waals surface area contributed by atoms with E-state index in [9.17, 15) is 5.11 Å². The third-order valence-corrected chi connectivity index (χ3v) is 5.29. The summed E-state index contributed by atoms with van der Waals surface area (Å²) in [6, 6.07) is 0. The molecule has 1 heterocycles. The lowest BCUT2D eigenvalue weighted by molar-refractivity contribution is 0.262. The number of aliphatic hydroxyl groups is 1. The smallest absolute Gasteiger partial charge is 0.0859 e. The molecule has 0 bridgehead atoms. The molecule has 1 aromatic heterocycles. The Balaban J connectivity index is 1.60. The second kappa shape index (κ2) is 6.25. The number of hydrogen-bond acceptors (Lipinski definition) is 3. The Bertz CT molecular complexity index is 443. The molecule has 0 aliphatic heterocycles. The highest BCUT2D eigenvalue weighted by Gasteiger charge is 2.49. The quantitative estimate of drug-likeness (QED) is 0.813. The van der Waals surface area contributed by atoms with Gasteiger partial charge in [-0.15, -0.1) is 5.10 Å². The number of fused-ring (bicyclic) bond motifs is 2. The Morgan fingerprint density at radius 3 is 2.70 bits per heavy atom. The van der Waals surface area contributed by atoms with Gasteiger partial charge in [0.2, 0.25) is 0 Å². The van der Waals surface area contributed by atoms with Gasteiger partial charge in [-0.1, -0.05) is 31.4 Å². The molecule has 2 aliphatic rings. The van der Waals surface area contributed by atoms with Crippen molar-refractivity contribution in [3.63, 3.8) is 0 Å². The molecule has 112 valence electrons. The molecule has 0 unspecified atom stereocenters. The molecule has 1 fully saturated rings. The van der Waals surface area contributed by atoms with Gasteiger partial charge < -0.3 is 5.11 Å². The van der Waals surface area contributed by atoms with Crippen molar-refractivity contribution in [1.82, 2.24) is 15.0 Å². The van der Waals surface area contributed by atoms with E-state index in [4.69, 9.17) is 0 Å². The first-order valence-corrected chi connectivity index (χ1v) is 8.37. The fourth-order valence-electron chi connectivity index (χ4n) is 3.96. The predicted octanol–water partition coefficient (Wildman–Crippen LogP) is 2.59.